The normalized spacial score (nSPS) is 11.1. The lowest BCUT2D eigenvalue weighted by Gasteiger charge is -2.01. The first-order valence-electron chi connectivity index (χ1n) is 4.28. The molecule has 0 saturated carbocycles. The minimum Gasteiger partial charge on any atom is -0.506 e. The van der Waals surface area contributed by atoms with E-state index >= 15 is 0 Å². The summed E-state index contributed by atoms with van der Waals surface area (Å²) in [5.41, 5.74) is 0.465. The Bertz CT molecular complexity index is 526. The predicted octanol–water partition coefficient (Wildman–Crippen LogP) is 3.91. The Morgan fingerprint density at radius 1 is 1.38 bits per heavy atom. The number of phenols is 1. The van der Waals surface area contributed by atoms with E-state index in [9.17, 15) is 5.11 Å². The van der Waals surface area contributed by atoms with Crippen molar-refractivity contribution in [3.05, 3.63) is 39.3 Å². The quantitative estimate of drug-likeness (QED) is 0.843. The zero-order valence-corrected chi connectivity index (χ0v) is 10.2. The molecule has 6 heteroatoms. The number of halogens is 2. The lowest BCUT2D eigenvalue weighted by atomic mass is 10.2. The molecule has 0 bridgehead atoms. The number of thiazole rings is 1. The van der Waals surface area contributed by atoms with Crippen molar-refractivity contribution in [1.29, 1.82) is 0 Å². The molecule has 1 aromatic carbocycles. The lowest BCUT2D eigenvalue weighted by molar-refractivity contribution is 0.475. The molecule has 82 valence electrons. The second-order valence-corrected chi connectivity index (χ2v) is 4.61. The average molecular weight is 273 g/mol. The van der Waals surface area contributed by atoms with Crippen molar-refractivity contribution < 1.29 is 5.11 Å². The van der Waals surface area contributed by atoms with Gasteiger partial charge in [0.15, 0.2) is 0 Å². The number of hydrogen-bond acceptors (Lipinski definition) is 4. The van der Waals surface area contributed by atoms with E-state index in [0.717, 1.165) is 0 Å². The SMILES string of the molecule is Oc1c(Cl)cc(Cl)cc1/C=N/c1nccs1. The first-order valence-corrected chi connectivity index (χ1v) is 5.92. The van der Waals surface area contributed by atoms with Crippen LogP contribution >= 0.6 is 34.5 Å². The van der Waals surface area contributed by atoms with Crippen LogP contribution < -0.4 is 0 Å². The summed E-state index contributed by atoms with van der Waals surface area (Å²) in [6.45, 7) is 0. The van der Waals surface area contributed by atoms with Crippen molar-refractivity contribution >= 4 is 45.9 Å². The van der Waals surface area contributed by atoms with Gasteiger partial charge in [-0.25, -0.2) is 9.98 Å². The average Bonchev–Trinajstić information content (AvgIpc) is 2.74. The summed E-state index contributed by atoms with van der Waals surface area (Å²) < 4.78 is 0. The molecule has 0 fully saturated rings. The zero-order chi connectivity index (χ0) is 11.5. The Morgan fingerprint density at radius 3 is 2.88 bits per heavy atom. The first kappa shape index (κ1) is 11.4. The minimum absolute atomic E-state index is 0.0358. The minimum atomic E-state index is -0.0358. The first-order chi connectivity index (χ1) is 7.66. The van der Waals surface area contributed by atoms with Crippen molar-refractivity contribution in [3.8, 4) is 5.75 Å². The fourth-order valence-electron chi connectivity index (χ4n) is 1.09. The molecule has 0 saturated heterocycles. The van der Waals surface area contributed by atoms with E-state index in [0.29, 0.717) is 15.7 Å². The fourth-order valence-corrected chi connectivity index (χ4v) is 2.08. The Labute approximate surface area is 106 Å². The second-order valence-electron chi connectivity index (χ2n) is 2.90. The van der Waals surface area contributed by atoms with E-state index in [4.69, 9.17) is 23.2 Å². The topological polar surface area (TPSA) is 45.5 Å². The van der Waals surface area contributed by atoms with Crippen molar-refractivity contribution in [1.82, 2.24) is 4.98 Å². The highest BCUT2D eigenvalue weighted by atomic mass is 35.5. The molecule has 0 unspecified atom stereocenters. The summed E-state index contributed by atoms with van der Waals surface area (Å²) in [6, 6.07) is 3.05. The highest BCUT2D eigenvalue weighted by molar-refractivity contribution is 7.13. The van der Waals surface area contributed by atoms with Crippen LogP contribution in [0.5, 0.6) is 5.75 Å². The van der Waals surface area contributed by atoms with Crippen molar-refractivity contribution in [2.24, 2.45) is 4.99 Å². The molecule has 3 nitrogen and oxygen atoms in total. The Kier molecular flexibility index (Phi) is 3.43. The van der Waals surface area contributed by atoms with Crippen molar-refractivity contribution in [2.45, 2.75) is 0 Å². The van der Waals surface area contributed by atoms with Crippen LogP contribution in [0.2, 0.25) is 10.0 Å². The monoisotopic (exact) mass is 272 g/mol. The lowest BCUT2D eigenvalue weighted by Crippen LogP contribution is -1.83. The maximum Gasteiger partial charge on any atom is 0.209 e. The summed E-state index contributed by atoms with van der Waals surface area (Å²) in [6.07, 6.45) is 3.13. The number of rotatable bonds is 2. The summed E-state index contributed by atoms with van der Waals surface area (Å²) in [5.74, 6) is -0.0358. The molecule has 1 aromatic heterocycles. The summed E-state index contributed by atoms with van der Waals surface area (Å²) in [7, 11) is 0. The van der Waals surface area contributed by atoms with Gasteiger partial charge in [0.05, 0.1) is 5.02 Å². The van der Waals surface area contributed by atoms with Gasteiger partial charge in [0.25, 0.3) is 0 Å². The number of aromatic nitrogens is 1. The third-order valence-corrected chi connectivity index (χ3v) is 2.98. The molecule has 2 aromatic rings. The molecular formula is C10H6Cl2N2OS. The third-order valence-electron chi connectivity index (χ3n) is 1.79. The summed E-state index contributed by atoms with van der Waals surface area (Å²) >= 11 is 13.0. The number of hydrogen-bond donors (Lipinski definition) is 1. The molecule has 0 aliphatic heterocycles. The van der Waals surface area contributed by atoms with Gasteiger partial charge in [0.2, 0.25) is 5.13 Å². The number of aromatic hydroxyl groups is 1. The van der Waals surface area contributed by atoms with E-state index < -0.39 is 0 Å². The molecule has 0 aliphatic rings. The highest BCUT2D eigenvalue weighted by Gasteiger charge is 2.05. The van der Waals surface area contributed by atoms with Gasteiger partial charge >= 0.3 is 0 Å². The smallest absolute Gasteiger partial charge is 0.209 e. The van der Waals surface area contributed by atoms with Gasteiger partial charge in [0, 0.05) is 28.4 Å². The van der Waals surface area contributed by atoms with Crippen LogP contribution in [0.25, 0.3) is 0 Å². The molecule has 1 N–H and O–H groups in total. The fraction of sp³-hybridized carbons (Fsp3) is 0. The van der Waals surface area contributed by atoms with Crippen LogP contribution in [0.15, 0.2) is 28.7 Å². The van der Waals surface area contributed by atoms with Gasteiger partial charge in [-0.2, -0.15) is 0 Å². The molecule has 2 rings (SSSR count). The van der Waals surface area contributed by atoms with Crippen molar-refractivity contribution in [2.75, 3.05) is 0 Å². The van der Waals surface area contributed by atoms with Gasteiger partial charge in [0.1, 0.15) is 5.75 Å². The predicted molar refractivity (Wildman–Crippen MR) is 67.5 cm³/mol. The van der Waals surface area contributed by atoms with Crippen molar-refractivity contribution in [3.63, 3.8) is 0 Å². The van der Waals surface area contributed by atoms with E-state index in [-0.39, 0.29) is 10.8 Å². The highest BCUT2D eigenvalue weighted by Crippen LogP contribution is 2.30. The van der Waals surface area contributed by atoms with Gasteiger partial charge in [-0.3, -0.25) is 0 Å². The maximum absolute atomic E-state index is 9.65. The number of aliphatic imine (C=N–C) groups is 1. The molecule has 1 heterocycles. The summed E-state index contributed by atoms with van der Waals surface area (Å²) in [4.78, 5) is 8.06. The number of nitrogens with zero attached hydrogens (tertiary/aromatic N) is 2. The Hall–Kier alpha value is -1.10. The molecular weight excluding hydrogens is 267 g/mol. The zero-order valence-electron chi connectivity index (χ0n) is 7.89. The van der Waals surface area contributed by atoms with Gasteiger partial charge in [-0.05, 0) is 12.1 Å². The van der Waals surface area contributed by atoms with Crippen LogP contribution in [-0.4, -0.2) is 16.3 Å². The van der Waals surface area contributed by atoms with Gasteiger partial charge in [-0.1, -0.05) is 23.2 Å². The van der Waals surface area contributed by atoms with Gasteiger partial charge in [-0.15, -0.1) is 11.3 Å². The van der Waals surface area contributed by atoms with Crippen LogP contribution in [0.1, 0.15) is 5.56 Å². The molecule has 0 aliphatic carbocycles. The third kappa shape index (κ3) is 2.52. The van der Waals surface area contributed by atoms with E-state index in [1.54, 1.807) is 12.3 Å². The number of benzene rings is 1. The van der Waals surface area contributed by atoms with E-state index in [1.165, 1.54) is 23.6 Å². The van der Waals surface area contributed by atoms with Crippen LogP contribution in [0, 0.1) is 0 Å². The van der Waals surface area contributed by atoms with Crippen LogP contribution in [0.3, 0.4) is 0 Å². The molecule has 0 spiro atoms. The van der Waals surface area contributed by atoms with Crippen LogP contribution in [-0.2, 0) is 0 Å². The number of phenolic OH excluding ortho intramolecular Hbond substituents is 1. The summed E-state index contributed by atoms with van der Waals surface area (Å²) in [5, 5.41) is 12.7. The van der Waals surface area contributed by atoms with Gasteiger partial charge < -0.3 is 5.11 Å². The molecule has 0 amide bonds. The van der Waals surface area contributed by atoms with E-state index in [1.807, 2.05) is 5.38 Å². The Morgan fingerprint density at radius 2 is 2.19 bits per heavy atom. The Balaban J connectivity index is 2.34. The molecule has 0 radical (unpaired) electrons. The largest absolute Gasteiger partial charge is 0.506 e. The van der Waals surface area contributed by atoms with E-state index in [2.05, 4.69) is 9.98 Å². The standard InChI is InChI=1S/C10H6Cl2N2OS/c11-7-3-6(9(15)8(12)4-7)5-14-10-13-1-2-16-10/h1-5,15H/b14-5+. The molecule has 16 heavy (non-hydrogen) atoms. The maximum atomic E-state index is 9.65. The second kappa shape index (κ2) is 4.82. The van der Waals surface area contributed by atoms with Crippen LogP contribution in [0.4, 0.5) is 5.13 Å². The molecule has 0 atom stereocenters.